The lowest BCUT2D eigenvalue weighted by atomic mass is 10.0. The molecular formula is C16H14F2N4O3S. The number of halogens is 2. The van der Waals surface area contributed by atoms with Crippen LogP contribution in [0.1, 0.15) is 29.3 Å². The van der Waals surface area contributed by atoms with Crippen molar-refractivity contribution in [3.8, 4) is 0 Å². The number of H-pyrrole nitrogens is 2. The van der Waals surface area contributed by atoms with Crippen LogP contribution in [0.15, 0.2) is 29.5 Å². The fourth-order valence-electron chi connectivity index (χ4n) is 2.48. The van der Waals surface area contributed by atoms with Gasteiger partial charge in [-0.2, -0.15) is 0 Å². The van der Waals surface area contributed by atoms with Crippen LogP contribution in [0.5, 0.6) is 0 Å². The van der Waals surface area contributed by atoms with Gasteiger partial charge in [-0.05, 0) is 18.6 Å². The lowest BCUT2D eigenvalue weighted by Crippen LogP contribution is -2.15. The molecule has 0 aliphatic rings. The van der Waals surface area contributed by atoms with Gasteiger partial charge >= 0.3 is 0 Å². The standard InChI is InChI=1S/C16H14F2N4O3S/c1-2-5-26(25)22-10-4-3-9(17)12(13(10)18)14(23)8-6-19-15-11(8)16(24)21-7-20-15/h3-4,6-7,22H,2,5H2,1H3,(H2,19,20,21,24). The number of ketones is 1. The SMILES string of the molecule is CCCS(=O)Nc1ccc(F)c(C(=O)c2c[nH]c3nc[nH]c(=O)c23)c1F. The van der Waals surface area contributed by atoms with Crippen molar-refractivity contribution in [1.82, 2.24) is 15.0 Å². The minimum atomic E-state index is -1.57. The molecule has 0 spiro atoms. The highest BCUT2D eigenvalue weighted by Gasteiger charge is 2.25. The van der Waals surface area contributed by atoms with Gasteiger partial charge in [0.1, 0.15) is 22.5 Å². The van der Waals surface area contributed by atoms with E-state index in [1.807, 2.05) is 0 Å². The maximum Gasteiger partial charge on any atom is 0.260 e. The van der Waals surface area contributed by atoms with Crippen LogP contribution in [0.2, 0.25) is 0 Å². The van der Waals surface area contributed by atoms with Gasteiger partial charge in [-0.1, -0.05) is 6.92 Å². The number of benzene rings is 1. The van der Waals surface area contributed by atoms with Gasteiger partial charge in [0.15, 0.2) is 5.82 Å². The van der Waals surface area contributed by atoms with E-state index < -0.39 is 39.5 Å². The van der Waals surface area contributed by atoms with Crippen LogP contribution in [0, 0.1) is 11.6 Å². The van der Waals surface area contributed by atoms with Crippen LogP contribution in [0.25, 0.3) is 11.0 Å². The lowest BCUT2D eigenvalue weighted by Gasteiger charge is -2.10. The number of hydrogen-bond donors (Lipinski definition) is 3. The molecule has 3 N–H and O–H groups in total. The van der Waals surface area contributed by atoms with Crippen molar-refractivity contribution in [3.63, 3.8) is 0 Å². The number of aromatic nitrogens is 3. The van der Waals surface area contributed by atoms with E-state index in [-0.39, 0.29) is 28.0 Å². The van der Waals surface area contributed by atoms with Gasteiger partial charge in [0.2, 0.25) is 5.78 Å². The Morgan fingerprint density at radius 3 is 2.81 bits per heavy atom. The van der Waals surface area contributed by atoms with Gasteiger partial charge in [0.25, 0.3) is 5.56 Å². The van der Waals surface area contributed by atoms with Crippen LogP contribution in [-0.2, 0) is 11.0 Å². The molecule has 0 aliphatic heterocycles. The molecule has 3 rings (SSSR count). The number of anilines is 1. The van der Waals surface area contributed by atoms with Crippen molar-refractivity contribution in [1.29, 1.82) is 0 Å². The number of rotatable bonds is 6. The second-order valence-electron chi connectivity index (χ2n) is 5.42. The van der Waals surface area contributed by atoms with Gasteiger partial charge in [0, 0.05) is 11.9 Å². The number of fused-ring (bicyclic) bond motifs is 1. The van der Waals surface area contributed by atoms with Gasteiger partial charge in [-0.25, -0.2) is 18.0 Å². The van der Waals surface area contributed by atoms with E-state index in [0.717, 1.165) is 18.5 Å². The average Bonchev–Trinajstić information content (AvgIpc) is 3.03. The highest BCUT2D eigenvalue weighted by Crippen LogP contribution is 2.26. The molecule has 0 amide bonds. The largest absolute Gasteiger partial charge is 0.345 e. The summed E-state index contributed by atoms with van der Waals surface area (Å²) in [5.74, 6) is -3.01. The maximum atomic E-state index is 14.7. The number of aromatic amines is 2. The maximum absolute atomic E-state index is 14.7. The molecule has 0 saturated carbocycles. The Morgan fingerprint density at radius 1 is 1.31 bits per heavy atom. The van der Waals surface area contributed by atoms with Gasteiger partial charge in [-0.3, -0.25) is 9.59 Å². The Hall–Kier alpha value is -2.88. The summed E-state index contributed by atoms with van der Waals surface area (Å²) in [7, 11) is -1.57. The Kier molecular flexibility index (Phi) is 4.94. The highest BCUT2D eigenvalue weighted by atomic mass is 32.2. The first-order valence-corrected chi connectivity index (χ1v) is 8.98. The fraction of sp³-hybridized carbons (Fsp3) is 0.188. The number of carbonyl (C=O) groups excluding carboxylic acids is 1. The molecule has 0 radical (unpaired) electrons. The van der Waals surface area contributed by atoms with Crippen LogP contribution < -0.4 is 10.3 Å². The van der Waals surface area contributed by atoms with E-state index in [4.69, 9.17) is 0 Å². The van der Waals surface area contributed by atoms with Gasteiger partial charge in [-0.15, -0.1) is 0 Å². The van der Waals surface area contributed by atoms with Crippen LogP contribution in [-0.4, -0.2) is 30.7 Å². The first-order chi connectivity index (χ1) is 12.4. The fourth-order valence-corrected chi connectivity index (χ4v) is 3.36. The van der Waals surface area contributed by atoms with Crippen molar-refractivity contribution in [2.24, 2.45) is 0 Å². The average molecular weight is 380 g/mol. The molecule has 136 valence electrons. The predicted octanol–water partition coefficient (Wildman–Crippen LogP) is 2.25. The van der Waals surface area contributed by atoms with E-state index in [2.05, 4.69) is 19.7 Å². The first kappa shape index (κ1) is 17.9. The molecule has 0 bridgehead atoms. The number of nitrogens with zero attached hydrogens (tertiary/aromatic N) is 1. The molecule has 1 aromatic carbocycles. The quantitative estimate of drug-likeness (QED) is 0.570. The molecule has 7 nitrogen and oxygen atoms in total. The van der Waals surface area contributed by atoms with Gasteiger partial charge < -0.3 is 14.7 Å². The highest BCUT2D eigenvalue weighted by molar-refractivity contribution is 7.86. The lowest BCUT2D eigenvalue weighted by molar-refractivity contribution is 0.103. The first-order valence-electron chi connectivity index (χ1n) is 7.66. The van der Waals surface area contributed by atoms with E-state index in [1.165, 1.54) is 6.20 Å². The third kappa shape index (κ3) is 3.15. The van der Waals surface area contributed by atoms with Gasteiger partial charge in [0.05, 0.1) is 28.5 Å². The molecule has 0 saturated heterocycles. The van der Waals surface area contributed by atoms with E-state index in [0.29, 0.717) is 6.42 Å². The van der Waals surface area contributed by atoms with Crippen LogP contribution in [0.4, 0.5) is 14.5 Å². The monoisotopic (exact) mass is 380 g/mol. The molecule has 0 fully saturated rings. The molecule has 10 heteroatoms. The van der Waals surface area contributed by atoms with Crippen molar-refractivity contribution in [3.05, 3.63) is 57.8 Å². The predicted molar refractivity (Wildman–Crippen MR) is 93.4 cm³/mol. The molecule has 3 aromatic rings. The Morgan fingerprint density at radius 2 is 2.08 bits per heavy atom. The van der Waals surface area contributed by atoms with Crippen molar-refractivity contribution >= 4 is 33.5 Å². The zero-order chi connectivity index (χ0) is 18.8. The zero-order valence-electron chi connectivity index (χ0n) is 13.6. The Labute approximate surface area is 148 Å². The summed E-state index contributed by atoms with van der Waals surface area (Å²) in [5, 5.41) is -0.0933. The summed E-state index contributed by atoms with van der Waals surface area (Å²) in [6.07, 6.45) is 2.91. The molecular weight excluding hydrogens is 366 g/mol. The van der Waals surface area contributed by atoms with Crippen molar-refractivity contribution in [2.45, 2.75) is 13.3 Å². The number of carbonyl (C=O) groups is 1. The number of hydrogen-bond acceptors (Lipinski definition) is 4. The Balaban J connectivity index is 2.09. The molecule has 1 unspecified atom stereocenters. The van der Waals surface area contributed by atoms with E-state index >= 15 is 0 Å². The minimum Gasteiger partial charge on any atom is -0.345 e. The molecule has 2 heterocycles. The minimum absolute atomic E-state index is 0.0933. The molecule has 26 heavy (non-hydrogen) atoms. The van der Waals surface area contributed by atoms with E-state index in [9.17, 15) is 22.6 Å². The Bertz CT molecular complexity index is 1080. The summed E-state index contributed by atoms with van der Waals surface area (Å²) < 4.78 is 43.1. The zero-order valence-corrected chi connectivity index (χ0v) is 14.4. The summed E-state index contributed by atoms with van der Waals surface area (Å²) >= 11 is 0. The third-order valence-corrected chi connectivity index (χ3v) is 4.88. The number of nitrogens with one attached hydrogen (secondary N) is 3. The summed E-state index contributed by atoms with van der Waals surface area (Å²) in [6.45, 7) is 1.80. The van der Waals surface area contributed by atoms with Crippen LogP contribution >= 0.6 is 0 Å². The third-order valence-electron chi connectivity index (χ3n) is 3.65. The summed E-state index contributed by atoms with van der Waals surface area (Å²) in [5.41, 5.74) is -1.80. The summed E-state index contributed by atoms with van der Waals surface area (Å²) in [4.78, 5) is 33.4. The topological polar surface area (TPSA) is 108 Å². The normalized spacial score (nSPS) is 12.3. The van der Waals surface area contributed by atoms with Crippen molar-refractivity contribution in [2.75, 3.05) is 10.5 Å². The summed E-state index contributed by atoms with van der Waals surface area (Å²) in [6, 6.07) is 1.97. The smallest absolute Gasteiger partial charge is 0.260 e. The molecule has 1 atom stereocenters. The van der Waals surface area contributed by atoms with Crippen LogP contribution in [0.3, 0.4) is 0 Å². The second-order valence-corrected chi connectivity index (χ2v) is 6.73. The van der Waals surface area contributed by atoms with Crippen molar-refractivity contribution < 1.29 is 17.8 Å². The molecule has 0 aliphatic carbocycles. The van der Waals surface area contributed by atoms with E-state index in [1.54, 1.807) is 6.92 Å². The molecule has 2 aromatic heterocycles. The second kappa shape index (κ2) is 7.16.